The summed E-state index contributed by atoms with van der Waals surface area (Å²) in [5, 5.41) is 4.84. The zero-order chi connectivity index (χ0) is 14.1. The third-order valence-electron chi connectivity index (χ3n) is 4.10. The smallest absolute Gasteiger partial charge is 0.0468 e. The maximum atomic E-state index is 6.34. The molecule has 20 heavy (non-hydrogen) atoms. The number of nitrogens with one attached hydrogen (secondary N) is 1. The third kappa shape index (κ3) is 2.71. The van der Waals surface area contributed by atoms with Crippen LogP contribution in [0.5, 0.6) is 0 Å². The second-order valence-electron chi connectivity index (χ2n) is 5.35. The van der Waals surface area contributed by atoms with Crippen LogP contribution in [0.4, 0.5) is 0 Å². The fourth-order valence-electron chi connectivity index (χ4n) is 3.02. The lowest BCUT2D eigenvalue weighted by molar-refractivity contribution is 0.518. The predicted octanol–water partition coefficient (Wildman–Crippen LogP) is 5.06. The highest BCUT2D eigenvalue weighted by Crippen LogP contribution is 2.54. The number of halogens is 2. The Bertz CT molecular complexity index is 597. The van der Waals surface area contributed by atoms with E-state index in [1.807, 2.05) is 25.2 Å². The van der Waals surface area contributed by atoms with E-state index < -0.39 is 0 Å². The maximum absolute atomic E-state index is 6.34. The minimum atomic E-state index is 0.282. The highest BCUT2D eigenvalue weighted by molar-refractivity contribution is 6.35. The van der Waals surface area contributed by atoms with Gasteiger partial charge < -0.3 is 5.32 Å². The van der Waals surface area contributed by atoms with Crippen molar-refractivity contribution < 1.29 is 0 Å². The third-order valence-corrected chi connectivity index (χ3v) is 4.67. The molecule has 1 N–H and O–H groups in total. The van der Waals surface area contributed by atoms with E-state index in [9.17, 15) is 0 Å². The molecule has 0 amide bonds. The Morgan fingerprint density at radius 3 is 2.50 bits per heavy atom. The first-order chi connectivity index (χ1) is 9.70. The molecule has 0 bridgehead atoms. The van der Waals surface area contributed by atoms with E-state index in [1.54, 1.807) is 0 Å². The van der Waals surface area contributed by atoms with Crippen molar-refractivity contribution in [1.29, 1.82) is 0 Å². The van der Waals surface area contributed by atoms with Crippen LogP contribution in [0.15, 0.2) is 48.5 Å². The SMILES string of the molecule is CNC(c1ccc(Cl)cc1Cl)C1CC1c1ccccc1. The van der Waals surface area contributed by atoms with Crippen LogP contribution < -0.4 is 5.32 Å². The molecule has 0 spiro atoms. The van der Waals surface area contributed by atoms with Crippen molar-refractivity contribution in [2.75, 3.05) is 7.05 Å². The largest absolute Gasteiger partial charge is 0.313 e. The Labute approximate surface area is 129 Å². The van der Waals surface area contributed by atoms with Crippen LogP contribution in [-0.4, -0.2) is 7.05 Å². The van der Waals surface area contributed by atoms with E-state index in [4.69, 9.17) is 23.2 Å². The number of hydrogen-bond donors (Lipinski definition) is 1. The van der Waals surface area contributed by atoms with Crippen LogP contribution in [0.1, 0.15) is 29.5 Å². The van der Waals surface area contributed by atoms with Crippen molar-refractivity contribution >= 4 is 23.2 Å². The summed E-state index contributed by atoms with van der Waals surface area (Å²) in [4.78, 5) is 0. The Morgan fingerprint density at radius 1 is 1.10 bits per heavy atom. The van der Waals surface area contributed by atoms with E-state index in [2.05, 4.69) is 35.6 Å². The van der Waals surface area contributed by atoms with Crippen molar-refractivity contribution in [1.82, 2.24) is 5.32 Å². The molecule has 2 aromatic carbocycles. The van der Waals surface area contributed by atoms with E-state index >= 15 is 0 Å². The number of hydrogen-bond acceptors (Lipinski definition) is 1. The molecule has 3 heteroatoms. The summed E-state index contributed by atoms with van der Waals surface area (Å²) in [5.41, 5.74) is 2.56. The van der Waals surface area contributed by atoms with Gasteiger partial charge in [0.2, 0.25) is 0 Å². The first-order valence-corrected chi connectivity index (χ1v) is 7.63. The second kappa shape index (κ2) is 5.77. The Hall–Kier alpha value is -1.02. The Kier molecular flexibility index (Phi) is 4.02. The van der Waals surface area contributed by atoms with Crippen LogP contribution in [0, 0.1) is 5.92 Å². The van der Waals surface area contributed by atoms with E-state index in [0.29, 0.717) is 16.9 Å². The molecular formula is C17H17Cl2N. The molecule has 3 atom stereocenters. The summed E-state index contributed by atoms with van der Waals surface area (Å²) in [6, 6.07) is 16.7. The lowest BCUT2D eigenvalue weighted by atomic mass is 9.99. The first kappa shape index (κ1) is 13.9. The normalized spacial score (nSPS) is 22.6. The summed E-state index contributed by atoms with van der Waals surface area (Å²) in [6.07, 6.45) is 1.20. The maximum Gasteiger partial charge on any atom is 0.0468 e. The molecule has 0 aliphatic heterocycles. The molecule has 1 saturated carbocycles. The van der Waals surface area contributed by atoms with Gasteiger partial charge in [-0.1, -0.05) is 59.6 Å². The average Bonchev–Trinajstić information content (AvgIpc) is 3.23. The van der Waals surface area contributed by atoms with Crippen LogP contribution >= 0.6 is 23.2 Å². The van der Waals surface area contributed by atoms with Crippen LogP contribution in [-0.2, 0) is 0 Å². The second-order valence-corrected chi connectivity index (χ2v) is 6.19. The van der Waals surface area contributed by atoms with Gasteiger partial charge in [0.25, 0.3) is 0 Å². The topological polar surface area (TPSA) is 12.0 Å². The van der Waals surface area contributed by atoms with Gasteiger partial charge in [-0.3, -0.25) is 0 Å². The molecule has 0 aromatic heterocycles. The standard InChI is InChI=1S/C17H17Cl2N/c1-20-17(13-8-7-12(18)9-16(13)19)15-10-14(15)11-5-3-2-4-6-11/h2-9,14-15,17,20H,10H2,1H3. The molecule has 0 heterocycles. The minimum Gasteiger partial charge on any atom is -0.313 e. The molecule has 1 nitrogen and oxygen atoms in total. The number of benzene rings is 2. The quantitative estimate of drug-likeness (QED) is 0.832. The monoisotopic (exact) mass is 305 g/mol. The van der Waals surface area contributed by atoms with Crippen molar-refractivity contribution in [3.63, 3.8) is 0 Å². The van der Waals surface area contributed by atoms with Gasteiger partial charge in [0, 0.05) is 16.1 Å². The van der Waals surface area contributed by atoms with Crippen molar-refractivity contribution in [3.8, 4) is 0 Å². The molecule has 0 radical (unpaired) electrons. The number of rotatable bonds is 4. The highest BCUT2D eigenvalue weighted by atomic mass is 35.5. The van der Waals surface area contributed by atoms with Gasteiger partial charge in [-0.15, -0.1) is 0 Å². The summed E-state index contributed by atoms with van der Waals surface area (Å²) >= 11 is 12.3. The van der Waals surface area contributed by atoms with E-state index in [0.717, 1.165) is 10.6 Å². The van der Waals surface area contributed by atoms with Gasteiger partial charge in [0.05, 0.1) is 0 Å². The summed E-state index contributed by atoms with van der Waals surface area (Å²) in [5.74, 6) is 1.22. The fourth-order valence-corrected chi connectivity index (χ4v) is 3.55. The Balaban J connectivity index is 1.82. The fraction of sp³-hybridized carbons (Fsp3) is 0.294. The molecule has 2 aromatic rings. The van der Waals surface area contributed by atoms with Crippen molar-refractivity contribution in [3.05, 3.63) is 69.7 Å². The van der Waals surface area contributed by atoms with E-state index in [1.165, 1.54) is 12.0 Å². The predicted molar refractivity (Wildman–Crippen MR) is 85.6 cm³/mol. The molecular weight excluding hydrogens is 289 g/mol. The molecule has 1 aliphatic carbocycles. The first-order valence-electron chi connectivity index (χ1n) is 6.88. The van der Waals surface area contributed by atoms with Gasteiger partial charge in [-0.2, -0.15) is 0 Å². The van der Waals surface area contributed by atoms with Crippen LogP contribution in [0.2, 0.25) is 10.0 Å². The summed E-state index contributed by atoms with van der Waals surface area (Å²) in [7, 11) is 2.00. The average molecular weight is 306 g/mol. The van der Waals surface area contributed by atoms with Crippen molar-refractivity contribution in [2.45, 2.75) is 18.4 Å². The molecule has 104 valence electrons. The zero-order valence-corrected chi connectivity index (χ0v) is 12.8. The lowest BCUT2D eigenvalue weighted by Gasteiger charge is -2.18. The summed E-state index contributed by atoms with van der Waals surface area (Å²) in [6.45, 7) is 0. The van der Waals surface area contributed by atoms with Crippen LogP contribution in [0.25, 0.3) is 0 Å². The highest BCUT2D eigenvalue weighted by Gasteiger charge is 2.44. The zero-order valence-electron chi connectivity index (χ0n) is 11.3. The molecule has 1 fully saturated rings. The molecule has 3 unspecified atom stereocenters. The van der Waals surface area contributed by atoms with E-state index in [-0.39, 0.29) is 6.04 Å². The van der Waals surface area contributed by atoms with Crippen LogP contribution in [0.3, 0.4) is 0 Å². The van der Waals surface area contributed by atoms with Gasteiger partial charge >= 0.3 is 0 Å². The lowest BCUT2D eigenvalue weighted by Crippen LogP contribution is -2.19. The summed E-state index contributed by atoms with van der Waals surface area (Å²) < 4.78 is 0. The van der Waals surface area contributed by atoms with Gasteiger partial charge in [0.15, 0.2) is 0 Å². The van der Waals surface area contributed by atoms with Crippen molar-refractivity contribution in [2.24, 2.45) is 5.92 Å². The Morgan fingerprint density at radius 2 is 1.85 bits per heavy atom. The van der Waals surface area contributed by atoms with Gasteiger partial charge in [-0.25, -0.2) is 0 Å². The minimum absolute atomic E-state index is 0.282. The van der Waals surface area contributed by atoms with Gasteiger partial charge in [-0.05, 0) is 48.6 Å². The van der Waals surface area contributed by atoms with Gasteiger partial charge in [0.1, 0.15) is 0 Å². The molecule has 1 aliphatic rings. The molecule has 3 rings (SSSR count). The molecule has 0 saturated heterocycles.